The van der Waals surface area contributed by atoms with E-state index in [2.05, 4.69) is 10.2 Å². The van der Waals surface area contributed by atoms with Crippen molar-refractivity contribution in [1.82, 2.24) is 10.2 Å². The lowest BCUT2D eigenvalue weighted by Gasteiger charge is -1.98. The Bertz CT molecular complexity index is 522. The fourth-order valence-corrected chi connectivity index (χ4v) is 1.56. The first-order valence-corrected chi connectivity index (χ1v) is 5.03. The molecule has 0 spiro atoms. The number of aromatic nitrogens is 2. The van der Waals surface area contributed by atoms with Crippen LogP contribution in [-0.2, 0) is 4.79 Å². The van der Waals surface area contributed by atoms with Crippen LogP contribution in [0.1, 0.15) is 6.92 Å². The number of H-pyrrole nitrogens is 1. The van der Waals surface area contributed by atoms with Crippen molar-refractivity contribution in [3.05, 3.63) is 35.4 Å². The van der Waals surface area contributed by atoms with E-state index in [0.717, 1.165) is 5.56 Å². The summed E-state index contributed by atoms with van der Waals surface area (Å²) in [5, 5.41) is 7.22. The van der Waals surface area contributed by atoms with Crippen LogP contribution in [-0.4, -0.2) is 16.2 Å². The molecule has 0 atom stereocenters. The van der Waals surface area contributed by atoms with Crippen LogP contribution in [0.15, 0.2) is 30.3 Å². The Hall–Kier alpha value is -1.81. The van der Waals surface area contributed by atoms with Crippen molar-refractivity contribution in [2.45, 2.75) is 6.92 Å². The summed E-state index contributed by atoms with van der Waals surface area (Å²) >= 11 is 6.02. The zero-order chi connectivity index (χ0) is 11.5. The van der Waals surface area contributed by atoms with Gasteiger partial charge in [0.25, 0.3) is 0 Å². The molecule has 82 valence electrons. The second kappa shape index (κ2) is 4.37. The molecule has 1 heterocycles. The molecule has 0 bridgehead atoms. The molecule has 0 aliphatic rings. The van der Waals surface area contributed by atoms with E-state index in [9.17, 15) is 4.79 Å². The number of carbonyl (C=O) groups is 1. The first-order valence-electron chi connectivity index (χ1n) is 4.65. The zero-order valence-electron chi connectivity index (χ0n) is 8.53. The van der Waals surface area contributed by atoms with Crippen molar-refractivity contribution >= 4 is 17.6 Å². The molecule has 1 aromatic carbocycles. The van der Waals surface area contributed by atoms with Gasteiger partial charge in [-0.2, -0.15) is 0 Å². The van der Waals surface area contributed by atoms with Gasteiger partial charge >= 0.3 is 5.97 Å². The second-order valence-corrected chi connectivity index (χ2v) is 3.60. The van der Waals surface area contributed by atoms with Crippen LogP contribution in [0, 0.1) is 0 Å². The lowest BCUT2D eigenvalue weighted by Crippen LogP contribution is -2.01. The van der Waals surface area contributed by atoms with Gasteiger partial charge in [-0.3, -0.25) is 9.89 Å². The average Bonchev–Trinajstić information content (AvgIpc) is 2.66. The molecule has 1 N–H and O–H groups in total. The van der Waals surface area contributed by atoms with Crippen molar-refractivity contribution in [1.29, 1.82) is 0 Å². The number of halogens is 1. The van der Waals surface area contributed by atoms with Gasteiger partial charge in [0.05, 0.1) is 5.69 Å². The zero-order valence-corrected chi connectivity index (χ0v) is 9.28. The van der Waals surface area contributed by atoms with Crippen molar-refractivity contribution in [3.8, 4) is 17.1 Å². The number of carbonyl (C=O) groups excluding carboxylic acids is 1. The second-order valence-electron chi connectivity index (χ2n) is 3.19. The van der Waals surface area contributed by atoms with Gasteiger partial charge in [-0.15, -0.1) is 5.10 Å². The maximum Gasteiger partial charge on any atom is 0.309 e. The minimum Gasteiger partial charge on any atom is -0.406 e. The molecule has 0 fully saturated rings. The van der Waals surface area contributed by atoms with E-state index in [1.165, 1.54) is 6.92 Å². The van der Waals surface area contributed by atoms with Crippen LogP contribution < -0.4 is 4.74 Å². The normalized spacial score (nSPS) is 10.1. The Morgan fingerprint density at radius 1 is 1.44 bits per heavy atom. The van der Waals surface area contributed by atoms with Crippen LogP contribution in [0.2, 0.25) is 5.02 Å². The molecular weight excluding hydrogens is 228 g/mol. The molecule has 0 unspecified atom stereocenters. The minimum atomic E-state index is -0.405. The topological polar surface area (TPSA) is 55.0 Å². The number of hydrogen-bond acceptors (Lipinski definition) is 3. The van der Waals surface area contributed by atoms with Gasteiger partial charge in [0.15, 0.2) is 0 Å². The fourth-order valence-electron chi connectivity index (χ4n) is 1.32. The summed E-state index contributed by atoms with van der Waals surface area (Å²) in [5.74, 6) is -0.167. The van der Waals surface area contributed by atoms with Crippen molar-refractivity contribution in [2.75, 3.05) is 0 Å². The van der Waals surface area contributed by atoms with Gasteiger partial charge in [0.1, 0.15) is 0 Å². The third-order valence-electron chi connectivity index (χ3n) is 1.97. The van der Waals surface area contributed by atoms with Gasteiger partial charge < -0.3 is 4.74 Å². The first kappa shape index (κ1) is 10.7. The standard InChI is InChI=1S/C11H9ClN2O2/c1-7(15)16-11-6-10(13-14-11)8-4-2-3-5-9(8)12/h2-6H,1H3,(H,13,14). The fraction of sp³-hybridized carbons (Fsp3) is 0.0909. The Morgan fingerprint density at radius 3 is 2.88 bits per heavy atom. The molecule has 0 aliphatic carbocycles. The molecule has 2 rings (SSSR count). The average molecular weight is 237 g/mol. The van der Waals surface area contributed by atoms with Crippen LogP contribution in [0.5, 0.6) is 5.88 Å². The largest absolute Gasteiger partial charge is 0.406 e. The third kappa shape index (κ3) is 2.23. The number of rotatable bonds is 2. The highest BCUT2D eigenvalue weighted by molar-refractivity contribution is 6.33. The monoisotopic (exact) mass is 236 g/mol. The first-order chi connectivity index (χ1) is 7.66. The van der Waals surface area contributed by atoms with Crippen LogP contribution >= 0.6 is 11.6 Å². The van der Waals surface area contributed by atoms with Gasteiger partial charge in [-0.25, -0.2) is 0 Å². The number of aromatic amines is 1. The smallest absolute Gasteiger partial charge is 0.309 e. The maximum atomic E-state index is 10.7. The Labute approximate surface area is 97.2 Å². The molecular formula is C11H9ClN2O2. The van der Waals surface area contributed by atoms with E-state index in [1.807, 2.05) is 18.2 Å². The lowest BCUT2D eigenvalue weighted by atomic mass is 10.1. The quantitative estimate of drug-likeness (QED) is 0.816. The van der Waals surface area contributed by atoms with E-state index in [-0.39, 0.29) is 5.88 Å². The van der Waals surface area contributed by atoms with Crippen LogP contribution in [0.3, 0.4) is 0 Å². The summed E-state index contributed by atoms with van der Waals surface area (Å²) in [4.78, 5) is 10.7. The Balaban J connectivity index is 2.32. The van der Waals surface area contributed by atoms with E-state index in [0.29, 0.717) is 10.7 Å². The minimum absolute atomic E-state index is 0.238. The van der Waals surface area contributed by atoms with E-state index < -0.39 is 5.97 Å². The summed E-state index contributed by atoms with van der Waals surface area (Å²) in [6.07, 6.45) is 0. The summed E-state index contributed by atoms with van der Waals surface area (Å²) in [7, 11) is 0. The van der Waals surface area contributed by atoms with Gasteiger partial charge in [-0.1, -0.05) is 29.8 Å². The number of ether oxygens (including phenoxy) is 1. The van der Waals surface area contributed by atoms with Crippen LogP contribution in [0.25, 0.3) is 11.3 Å². The van der Waals surface area contributed by atoms with Gasteiger partial charge in [0.2, 0.25) is 5.88 Å². The van der Waals surface area contributed by atoms with E-state index >= 15 is 0 Å². The molecule has 5 heteroatoms. The maximum absolute atomic E-state index is 10.7. The molecule has 0 saturated heterocycles. The predicted octanol–water partition coefficient (Wildman–Crippen LogP) is 2.66. The number of nitrogens with one attached hydrogen (secondary N) is 1. The van der Waals surface area contributed by atoms with Crippen LogP contribution in [0.4, 0.5) is 0 Å². The molecule has 1 aromatic heterocycles. The highest BCUT2D eigenvalue weighted by Gasteiger charge is 2.08. The van der Waals surface area contributed by atoms with Crippen molar-refractivity contribution in [3.63, 3.8) is 0 Å². The summed E-state index contributed by atoms with van der Waals surface area (Å²) in [6, 6.07) is 8.97. The van der Waals surface area contributed by atoms with Gasteiger partial charge in [-0.05, 0) is 6.07 Å². The molecule has 2 aromatic rings. The molecule has 16 heavy (non-hydrogen) atoms. The number of benzene rings is 1. The highest BCUT2D eigenvalue weighted by atomic mass is 35.5. The molecule has 0 amide bonds. The predicted molar refractivity (Wildman–Crippen MR) is 60.3 cm³/mol. The van der Waals surface area contributed by atoms with E-state index in [1.54, 1.807) is 12.1 Å². The summed E-state index contributed by atoms with van der Waals surface area (Å²) in [6.45, 7) is 1.32. The SMILES string of the molecule is CC(=O)Oc1cc(-c2ccccc2Cl)[nH]n1. The molecule has 0 aliphatic heterocycles. The number of esters is 1. The Kier molecular flexibility index (Phi) is 2.92. The third-order valence-corrected chi connectivity index (χ3v) is 2.30. The number of nitrogens with zero attached hydrogens (tertiary/aromatic N) is 1. The van der Waals surface area contributed by atoms with Gasteiger partial charge in [0, 0.05) is 23.6 Å². The Morgan fingerprint density at radius 2 is 2.19 bits per heavy atom. The molecule has 4 nitrogen and oxygen atoms in total. The van der Waals surface area contributed by atoms with E-state index in [4.69, 9.17) is 16.3 Å². The van der Waals surface area contributed by atoms with Crippen molar-refractivity contribution in [2.24, 2.45) is 0 Å². The lowest BCUT2D eigenvalue weighted by molar-refractivity contribution is -0.132. The van der Waals surface area contributed by atoms with Crippen molar-refractivity contribution < 1.29 is 9.53 Å². The molecule has 0 radical (unpaired) electrons. The summed E-state index contributed by atoms with van der Waals surface area (Å²) < 4.78 is 4.83. The summed E-state index contributed by atoms with van der Waals surface area (Å²) in [5.41, 5.74) is 1.52. The highest BCUT2D eigenvalue weighted by Crippen LogP contribution is 2.27. The molecule has 0 saturated carbocycles. The number of hydrogen-bond donors (Lipinski definition) is 1.